The Balaban J connectivity index is 1.55. The number of hydrogen-bond donors (Lipinski definition) is 0. The first-order chi connectivity index (χ1) is 15.3. The lowest BCUT2D eigenvalue weighted by molar-refractivity contribution is -0.384. The highest BCUT2D eigenvalue weighted by atomic mass is 35.5. The monoisotopic (exact) mass is 453 g/mol. The molecule has 2 aromatic carbocycles. The van der Waals surface area contributed by atoms with E-state index in [-0.39, 0.29) is 16.4 Å². The molecule has 32 heavy (non-hydrogen) atoms. The van der Waals surface area contributed by atoms with E-state index < -0.39 is 16.3 Å². The number of aryl methyl sites for hydroxylation is 1. The quantitative estimate of drug-likeness (QED) is 0.444. The number of amides is 1. The number of aromatic nitrogens is 2. The van der Waals surface area contributed by atoms with Crippen LogP contribution >= 0.6 is 11.6 Å². The van der Waals surface area contributed by atoms with E-state index in [2.05, 4.69) is 5.10 Å². The third-order valence-electron chi connectivity index (χ3n) is 5.35. The van der Waals surface area contributed by atoms with E-state index in [0.29, 0.717) is 37.6 Å². The maximum atomic E-state index is 13.1. The first-order valence-corrected chi connectivity index (χ1v) is 10.4. The number of rotatable bonds is 4. The molecule has 1 aliphatic heterocycles. The molecule has 0 radical (unpaired) electrons. The minimum atomic E-state index is -0.471. The summed E-state index contributed by atoms with van der Waals surface area (Å²) in [4.78, 5) is 39.9. The minimum Gasteiger partial charge on any atom is -0.362 e. The van der Waals surface area contributed by atoms with E-state index in [1.165, 1.54) is 12.1 Å². The Morgan fingerprint density at radius 1 is 1.06 bits per heavy atom. The Morgan fingerprint density at radius 3 is 2.41 bits per heavy atom. The van der Waals surface area contributed by atoms with Crippen molar-refractivity contribution in [2.45, 2.75) is 6.92 Å². The lowest BCUT2D eigenvalue weighted by Crippen LogP contribution is -2.50. The molecule has 0 spiro atoms. The molecule has 10 heteroatoms. The third-order valence-corrected chi connectivity index (χ3v) is 5.59. The lowest BCUT2D eigenvalue weighted by atomic mass is 10.2. The number of carbonyl (C=O) groups is 1. The van der Waals surface area contributed by atoms with E-state index in [1.807, 2.05) is 35.2 Å². The summed E-state index contributed by atoms with van der Waals surface area (Å²) in [6, 6.07) is 15.2. The van der Waals surface area contributed by atoms with Crippen molar-refractivity contribution in [1.82, 2.24) is 14.7 Å². The maximum absolute atomic E-state index is 13.1. The van der Waals surface area contributed by atoms with Gasteiger partial charge in [0.05, 0.1) is 10.6 Å². The van der Waals surface area contributed by atoms with Gasteiger partial charge < -0.3 is 9.80 Å². The van der Waals surface area contributed by atoms with Crippen molar-refractivity contribution in [2.75, 3.05) is 31.1 Å². The SMILES string of the molecule is Cc1cc(=O)c(C(=O)N2CCN(c3ccc(Cl)cc3[N+](=O)[O-])CC2)nn1-c1ccccc1. The number of nitro groups is 1. The third kappa shape index (κ3) is 4.19. The zero-order chi connectivity index (χ0) is 22.8. The molecule has 0 saturated carbocycles. The summed E-state index contributed by atoms with van der Waals surface area (Å²) < 4.78 is 1.57. The van der Waals surface area contributed by atoms with E-state index in [0.717, 1.165) is 5.69 Å². The van der Waals surface area contributed by atoms with Crippen LogP contribution < -0.4 is 10.3 Å². The predicted octanol–water partition coefficient (Wildman–Crippen LogP) is 3.06. The summed E-state index contributed by atoms with van der Waals surface area (Å²) in [6.45, 7) is 3.13. The summed E-state index contributed by atoms with van der Waals surface area (Å²) in [6.07, 6.45) is 0. The number of benzene rings is 2. The van der Waals surface area contributed by atoms with Gasteiger partial charge in [-0.3, -0.25) is 19.7 Å². The lowest BCUT2D eigenvalue weighted by Gasteiger charge is -2.35. The number of anilines is 1. The van der Waals surface area contributed by atoms with Crippen LogP contribution in [0.4, 0.5) is 11.4 Å². The van der Waals surface area contributed by atoms with Crippen molar-refractivity contribution in [3.05, 3.63) is 91.3 Å². The second-order valence-corrected chi connectivity index (χ2v) is 7.85. The normalized spacial score (nSPS) is 13.8. The molecule has 1 aliphatic rings. The van der Waals surface area contributed by atoms with E-state index >= 15 is 0 Å². The number of piperazine rings is 1. The molecule has 2 heterocycles. The standard InChI is InChI=1S/C22H20ClN5O4/c1-15-13-20(29)21(24-27(15)17-5-3-2-4-6-17)22(30)26-11-9-25(10-12-26)18-8-7-16(23)14-19(18)28(31)32/h2-8,13-14H,9-12H2,1H3. The van der Waals surface area contributed by atoms with Crippen LogP contribution in [0.1, 0.15) is 16.2 Å². The van der Waals surface area contributed by atoms with Gasteiger partial charge in [0.25, 0.3) is 11.6 Å². The zero-order valence-electron chi connectivity index (χ0n) is 17.3. The Morgan fingerprint density at radius 2 is 1.75 bits per heavy atom. The average molecular weight is 454 g/mol. The van der Waals surface area contributed by atoms with E-state index in [1.54, 1.807) is 28.6 Å². The molecule has 164 valence electrons. The van der Waals surface area contributed by atoms with Crippen LogP contribution in [-0.4, -0.2) is 51.7 Å². The molecular formula is C22H20ClN5O4. The first kappa shape index (κ1) is 21.5. The van der Waals surface area contributed by atoms with Gasteiger partial charge in [-0.25, -0.2) is 4.68 Å². The molecule has 0 bridgehead atoms. The maximum Gasteiger partial charge on any atom is 0.294 e. The molecule has 1 amide bonds. The molecule has 1 fully saturated rings. The fourth-order valence-corrected chi connectivity index (χ4v) is 3.90. The second-order valence-electron chi connectivity index (χ2n) is 7.42. The Kier molecular flexibility index (Phi) is 5.91. The molecule has 3 aromatic rings. The van der Waals surface area contributed by atoms with Gasteiger partial charge in [0, 0.05) is 49.0 Å². The number of nitrogens with zero attached hydrogens (tertiary/aromatic N) is 5. The van der Waals surface area contributed by atoms with Crippen molar-refractivity contribution in [2.24, 2.45) is 0 Å². The summed E-state index contributed by atoms with van der Waals surface area (Å²) in [5, 5.41) is 16.0. The number of nitro benzene ring substituents is 1. The van der Waals surface area contributed by atoms with Crippen molar-refractivity contribution in [3.8, 4) is 5.69 Å². The van der Waals surface area contributed by atoms with Crippen molar-refractivity contribution in [3.63, 3.8) is 0 Å². The number of halogens is 1. The van der Waals surface area contributed by atoms with Crippen molar-refractivity contribution in [1.29, 1.82) is 0 Å². The number of hydrogen-bond acceptors (Lipinski definition) is 6. The van der Waals surface area contributed by atoms with Gasteiger partial charge in [-0.1, -0.05) is 29.8 Å². The molecule has 4 rings (SSSR count). The highest BCUT2D eigenvalue weighted by Gasteiger charge is 2.28. The predicted molar refractivity (Wildman–Crippen MR) is 121 cm³/mol. The van der Waals surface area contributed by atoms with Gasteiger partial charge in [0.2, 0.25) is 5.43 Å². The van der Waals surface area contributed by atoms with Gasteiger partial charge in [-0.05, 0) is 31.2 Å². The van der Waals surface area contributed by atoms with Gasteiger partial charge in [0.1, 0.15) is 5.69 Å². The van der Waals surface area contributed by atoms with Crippen molar-refractivity contribution >= 4 is 28.9 Å². The van der Waals surface area contributed by atoms with Gasteiger partial charge in [-0.2, -0.15) is 5.10 Å². The van der Waals surface area contributed by atoms with Crippen LogP contribution in [0, 0.1) is 17.0 Å². The topological polar surface area (TPSA) is 102 Å². The van der Waals surface area contributed by atoms with Gasteiger partial charge in [0.15, 0.2) is 5.69 Å². The molecule has 0 N–H and O–H groups in total. The fourth-order valence-electron chi connectivity index (χ4n) is 3.74. The summed E-state index contributed by atoms with van der Waals surface area (Å²) in [7, 11) is 0. The van der Waals surface area contributed by atoms with Gasteiger partial charge in [-0.15, -0.1) is 0 Å². The first-order valence-electron chi connectivity index (χ1n) is 9.99. The minimum absolute atomic E-state index is 0.0803. The summed E-state index contributed by atoms with van der Waals surface area (Å²) in [5.74, 6) is -0.454. The van der Waals surface area contributed by atoms with Crippen LogP contribution in [0.2, 0.25) is 5.02 Å². The molecule has 9 nitrogen and oxygen atoms in total. The van der Waals surface area contributed by atoms with Crippen LogP contribution in [0.25, 0.3) is 5.69 Å². The summed E-state index contributed by atoms with van der Waals surface area (Å²) in [5.41, 5.74) is 1.16. The fraction of sp³-hybridized carbons (Fsp3) is 0.227. The van der Waals surface area contributed by atoms with Gasteiger partial charge >= 0.3 is 0 Å². The molecule has 0 atom stereocenters. The van der Waals surface area contributed by atoms with Crippen LogP contribution in [0.5, 0.6) is 0 Å². The Hall–Kier alpha value is -3.72. The van der Waals surface area contributed by atoms with Crippen molar-refractivity contribution < 1.29 is 9.72 Å². The van der Waals surface area contributed by atoms with E-state index in [9.17, 15) is 19.7 Å². The van der Waals surface area contributed by atoms with Crippen LogP contribution in [-0.2, 0) is 0 Å². The summed E-state index contributed by atoms with van der Waals surface area (Å²) >= 11 is 5.90. The largest absolute Gasteiger partial charge is 0.362 e. The van der Waals surface area contributed by atoms with E-state index in [4.69, 9.17) is 11.6 Å². The highest BCUT2D eigenvalue weighted by molar-refractivity contribution is 6.30. The number of carbonyl (C=O) groups excluding carboxylic acids is 1. The number of para-hydroxylation sites is 1. The van der Waals surface area contributed by atoms with Crippen LogP contribution in [0.15, 0.2) is 59.4 Å². The Labute approximate surface area is 188 Å². The molecule has 1 aromatic heterocycles. The second kappa shape index (κ2) is 8.80. The molecule has 0 unspecified atom stereocenters. The Bertz CT molecular complexity index is 1240. The molecule has 1 saturated heterocycles. The van der Waals surface area contributed by atoms with Crippen LogP contribution in [0.3, 0.4) is 0 Å². The average Bonchev–Trinajstić information content (AvgIpc) is 2.79. The highest BCUT2D eigenvalue weighted by Crippen LogP contribution is 2.31. The molecular weight excluding hydrogens is 434 g/mol. The zero-order valence-corrected chi connectivity index (χ0v) is 18.0. The molecule has 0 aliphatic carbocycles. The smallest absolute Gasteiger partial charge is 0.294 e.